The van der Waals surface area contributed by atoms with Crippen LogP contribution in [-0.2, 0) is 9.59 Å². The molecule has 2 amide bonds. The van der Waals surface area contributed by atoms with Gasteiger partial charge >= 0.3 is 0 Å². The van der Waals surface area contributed by atoms with Crippen molar-refractivity contribution in [3.63, 3.8) is 0 Å². The number of nitrogens with one attached hydrogen (secondary N) is 3. The van der Waals surface area contributed by atoms with Crippen molar-refractivity contribution in [2.24, 2.45) is 5.10 Å². The molecule has 0 aromatic carbocycles. The van der Waals surface area contributed by atoms with Crippen LogP contribution in [0.2, 0.25) is 0 Å². The Balaban J connectivity index is 2.33. The molecule has 0 saturated carbocycles. The Kier molecular flexibility index (Phi) is 4.06. The van der Waals surface area contributed by atoms with Gasteiger partial charge in [0.05, 0.1) is 0 Å². The fourth-order valence-corrected chi connectivity index (χ4v) is 1.04. The molecule has 1 aliphatic rings. The van der Waals surface area contributed by atoms with E-state index in [0.29, 0.717) is 31.6 Å². The van der Waals surface area contributed by atoms with E-state index in [1.807, 2.05) is 7.05 Å². The Morgan fingerprint density at radius 2 is 2.29 bits per heavy atom. The summed E-state index contributed by atoms with van der Waals surface area (Å²) in [6.45, 7) is 1.27. The Morgan fingerprint density at radius 3 is 2.86 bits per heavy atom. The Bertz CT molecular complexity index is 262. The van der Waals surface area contributed by atoms with Crippen molar-refractivity contribution in [2.45, 2.75) is 12.8 Å². The summed E-state index contributed by atoms with van der Waals surface area (Å²) in [6, 6.07) is 0. The quantitative estimate of drug-likeness (QED) is 0.485. The number of carbonyl (C=O) groups is 2. The second kappa shape index (κ2) is 5.33. The van der Waals surface area contributed by atoms with Crippen molar-refractivity contribution in [3.8, 4) is 0 Å². The van der Waals surface area contributed by atoms with E-state index in [-0.39, 0.29) is 11.8 Å². The van der Waals surface area contributed by atoms with Gasteiger partial charge in [0.1, 0.15) is 5.71 Å². The number of rotatable bonds is 4. The molecule has 0 aliphatic carbocycles. The molecule has 0 spiro atoms. The molecule has 0 saturated heterocycles. The van der Waals surface area contributed by atoms with Gasteiger partial charge in [0, 0.05) is 25.9 Å². The van der Waals surface area contributed by atoms with E-state index >= 15 is 0 Å². The highest BCUT2D eigenvalue weighted by Gasteiger charge is 2.17. The molecule has 78 valence electrons. The van der Waals surface area contributed by atoms with E-state index in [4.69, 9.17) is 0 Å². The molecule has 1 aliphatic heterocycles. The molecule has 6 heteroatoms. The van der Waals surface area contributed by atoms with Crippen LogP contribution < -0.4 is 16.1 Å². The Morgan fingerprint density at radius 1 is 1.50 bits per heavy atom. The van der Waals surface area contributed by atoms with E-state index < -0.39 is 0 Å². The molecule has 0 fully saturated rings. The minimum Gasteiger partial charge on any atom is -0.350 e. The zero-order valence-electron chi connectivity index (χ0n) is 8.09. The van der Waals surface area contributed by atoms with Gasteiger partial charge in [0.25, 0.3) is 5.91 Å². The normalized spacial score (nSPS) is 15.8. The van der Waals surface area contributed by atoms with Crippen LogP contribution >= 0.6 is 0 Å². The molecule has 0 aromatic heterocycles. The van der Waals surface area contributed by atoms with Crippen molar-refractivity contribution < 1.29 is 9.59 Å². The van der Waals surface area contributed by atoms with Crippen LogP contribution in [-0.4, -0.2) is 37.7 Å². The summed E-state index contributed by atoms with van der Waals surface area (Å²) >= 11 is 0. The maximum Gasteiger partial charge on any atom is 0.267 e. The smallest absolute Gasteiger partial charge is 0.267 e. The van der Waals surface area contributed by atoms with Gasteiger partial charge in [-0.05, 0) is 7.05 Å². The molecule has 0 unspecified atom stereocenters. The first-order valence-electron chi connectivity index (χ1n) is 4.52. The molecule has 0 bridgehead atoms. The van der Waals surface area contributed by atoms with Crippen LogP contribution in [0.1, 0.15) is 12.8 Å². The number of likely N-dealkylation sites (N-methyl/N-ethyl adjacent to an activating group) is 1. The van der Waals surface area contributed by atoms with Crippen LogP contribution in [0.5, 0.6) is 0 Å². The number of nitrogens with zero attached hydrogens (tertiary/aromatic N) is 1. The molecule has 14 heavy (non-hydrogen) atoms. The van der Waals surface area contributed by atoms with Crippen molar-refractivity contribution in [3.05, 3.63) is 0 Å². The molecule has 0 aromatic rings. The largest absolute Gasteiger partial charge is 0.350 e. The first-order valence-corrected chi connectivity index (χ1v) is 4.52. The van der Waals surface area contributed by atoms with Crippen molar-refractivity contribution in [1.82, 2.24) is 16.1 Å². The SMILES string of the molecule is CNCCNC(=O)C1=NNC(=O)CC1. The minimum absolute atomic E-state index is 0.142. The summed E-state index contributed by atoms with van der Waals surface area (Å²) in [5.41, 5.74) is 2.67. The van der Waals surface area contributed by atoms with Gasteiger partial charge < -0.3 is 10.6 Å². The number of hydrogen-bond acceptors (Lipinski definition) is 4. The van der Waals surface area contributed by atoms with Gasteiger partial charge in [0.2, 0.25) is 5.91 Å². The molecular formula is C8H14N4O2. The first kappa shape index (κ1) is 10.6. The highest BCUT2D eigenvalue weighted by molar-refractivity contribution is 6.39. The first-order chi connectivity index (χ1) is 6.74. The van der Waals surface area contributed by atoms with Gasteiger partial charge in [-0.15, -0.1) is 0 Å². The average molecular weight is 198 g/mol. The third kappa shape index (κ3) is 3.14. The summed E-state index contributed by atoms with van der Waals surface area (Å²) in [7, 11) is 1.81. The number of hydrogen-bond donors (Lipinski definition) is 3. The van der Waals surface area contributed by atoms with E-state index in [1.165, 1.54) is 0 Å². The van der Waals surface area contributed by atoms with Crippen LogP contribution in [0.25, 0.3) is 0 Å². The van der Waals surface area contributed by atoms with Gasteiger partial charge in [-0.3, -0.25) is 9.59 Å². The Labute approximate surface area is 82.1 Å². The topological polar surface area (TPSA) is 82.6 Å². The highest BCUT2D eigenvalue weighted by Crippen LogP contribution is 1.98. The Hall–Kier alpha value is -1.43. The van der Waals surface area contributed by atoms with Crippen LogP contribution in [0.15, 0.2) is 5.10 Å². The van der Waals surface area contributed by atoms with Gasteiger partial charge in [-0.25, -0.2) is 5.43 Å². The van der Waals surface area contributed by atoms with Gasteiger partial charge in [0.15, 0.2) is 0 Å². The summed E-state index contributed by atoms with van der Waals surface area (Å²) in [5, 5.41) is 9.27. The van der Waals surface area contributed by atoms with E-state index in [1.54, 1.807) is 0 Å². The third-order valence-electron chi connectivity index (χ3n) is 1.83. The van der Waals surface area contributed by atoms with E-state index in [0.717, 1.165) is 0 Å². The minimum atomic E-state index is -0.208. The van der Waals surface area contributed by atoms with E-state index in [9.17, 15) is 9.59 Å². The zero-order chi connectivity index (χ0) is 10.4. The maximum atomic E-state index is 11.4. The monoisotopic (exact) mass is 198 g/mol. The molecule has 1 rings (SSSR count). The predicted octanol–water partition coefficient (Wildman–Crippen LogP) is -1.41. The lowest BCUT2D eigenvalue weighted by molar-refractivity contribution is -0.121. The predicted molar refractivity (Wildman–Crippen MR) is 51.7 cm³/mol. The van der Waals surface area contributed by atoms with Crippen molar-refractivity contribution in [2.75, 3.05) is 20.1 Å². The van der Waals surface area contributed by atoms with Crippen molar-refractivity contribution >= 4 is 17.5 Å². The third-order valence-corrected chi connectivity index (χ3v) is 1.83. The van der Waals surface area contributed by atoms with Gasteiger partial charge in [-0.2, -0.15) is 5.10 Å². The summed E-state index contributed by atoms with van der Waals surface area (Å²) in [5.74, 6) is -0.350. The second-order valence-electron chi connectivity index (χ2n) is 2.95. The van der Waals surface area contributed by atoms with Crippen LogP contribution in [0.4, 0.5) is 0 Å². The molecule has 0 radical (unpaired) electrons. The number of hydrazone groups is 1. The molecule has 3 N–H and O–H groups in total. The lowest BCUT2D eigenvalue weighted by Crippen LogP contribution is -2.39. The fourth-order valence-electron chi connectivity index (χ4n) is 1.04. The molecule has 1 heterocycles. The van der Waals surface area contributed by atoms with Crippen molar-refractivity contribution in [1.29, 1.82) is 0 Å². The lowest BCUT2D eigenvalue weighted by Gasteiger charge is -2.11. The number of amides is 2. The zero-order valence-corrected chi connectivity index (χ0v) is 8.09. The highest BCUT2D eigenvalue weighted by atomic mass is 16.2. The summed E-state index contributed by atoms with van der Waals surface area (Å²) in [4.78, 5) is 22.1. The summed E-state index contributed by atoms with van der Waals surface area (Å²) < 4.78 is 0. The maximum absolute atomic E-state index is 11.4. The molecule has 6 nitrogen and oxygen atoms in total. The standard InChI is InChI=1S/C8H14N4O2/c1-9-4-5-10-8(14)6-2-3-7(13)12-11-6/h9H,2-5H2,1H3,(H,10,14)(H,12,13). The summed E-state index contributed by atoms with van der Waals surface area (Å²) in [6.07, 6.45) is 0.746. The van der Waals surface area contributed by atoms with Gasteiger partial charge in [-0.1, -0.05) is 0 Å². The fraction of sp³-hybridized carbons (Fsp3) is 0.625. The van der Waals surface area contributed by atoms with E-state index in [2.05, 4.69) is 21.2 Å². The van der Waals surface area contributed by atoms with Crippen LogP contribution in [0.3, 0.4) is 0 Å². The molecule has 0 atom stereocenters. The second-order valence-corrected chi connectivity index (χ2v) is 2.95. The average Bonchev–Trinajstić information content (AvgIpc) is 2.19. The molecular weight excluding hydrogens is 184 g/mol. The number of carbonyl (C=O) groups excluding carboxylic acids is 2. The lowest BCUT2D eigenvalue weighted by atomic mass is 10.1. The van der Waals surface area contributed by atoms with Crippen LogP contribution in [0, 0.1) is 0 Å².